The highest BCUT2D eigenvalue weighted by molar-refractivity contribution is 7.10. The van der Waals surface area contributed by atoms with Crippen molar-refractivity contribution < 1.29 is 9.59 Å². The van der Waals surface area contributed by atoms with Crippen molar-refractivity contribution in [1.29, 1.82) is 0 Å². The Morgan fingerprint density at radius 1 is 1.07 bits per heavy atom. The number of carbonyl (C=O) groups excluding carboxylic acids is 2. The summed E-state index contributed by atoms with van der Waals surface area (Å²) >= 11 is 1.66. The van der Waals surface area contributed by atoms with Gasteiger partial charge in [-0.15, -0.1) is 11.3 Å². The van der Waals surface area contributed by atoms with Gasteiger partial charge in [-0.2, -0.15) is 0 Å². The van der Waals surface area contributed by atoms with Gasteiger partial charge in [0.05, 0.1) is 6.04 Å². The molecule has 0 radical (unpaired) electrons. The van der Waals surface area contributed by atoms with Crippen LogP contribution in [0.25, 0.3) is 0 Å². The molecule has 2 aromatic carbocycles. The lowest BCUT2D eigenvalue weighted by molar-refractivity contribution is -0.136. The molecule has 5 nitrogen and oxygen atoms in total. The summed E-state index contributed by atoms with van der Waals surface area (Å²) in [6.07, 6.45) is 0.986. The Morgan fingerprint density at radius 2 is 1.93 bits per heavy atom. The Morgan fingerprint density at radius 3 is 2.72 bits per heavy atom. The predicted octanol–water partition coefficient (Wildman–Crippen LogP) is 3.92. The maximum atomic E-state index is 12.4. The van der Waals surface area contributed by atoms with Crippen LogP contribution in [0.4, 0.5) is 11.4 Å². The Hall–Kier alpha value is -3.12. The first-order valence-electron chi connectivity index (χ1n) is 9.65. The van der Waals surface area contributed by atoms with Gasteiger partial charge in [0, 0.05) is 29.3 Å². The second kappa shape index (κ2) is 8.49. The second-order valence-electron chi connectivity index (χ2n) is 7.14. The van der Waals surface area contributed by atoms with E-state index in [9.17, 15) is 9.59 Å². The molecule has 29 heavy (non-hydrogen) atoms. The number of hydrogen-bond donors (Lipinski definition) is 2. The molecule has 2 amide bonds. The molecule has 0 saturated heterocycles. The fraction of sp³-hybridized carbons (Fsp3) is 0.217. The molecule has 0 unspecified atom stereocenters. The molecule has 4 rings (SSSR count). The minimum atomic E-state index is -0.651. The van der Waals surface area contributed by atoms with Crippen LogP contribution in [0.3, 0.4) is 0 Å². The topological polar surface area (TPSA) is 61.4 Å². The Bertz CT molecular complexity index is 1020. The molecular formula is C23H23N3O2S. The van der Waals surface area contributed by atoms with Crippen molar-refractivity contribution in [2.24, 2.45) is 0 Å². The van der Waals surface area contributed by atoms with Gasteiger partial charge in [0.15, 0.2) is 0 Å². The molecule has 0 saturated carbocycles. The second-order valence-corrected chi connectivity index (χ2v) is 8.12. The Kier molecular flexibility index (Phi) is 5.62. The van der Waals surface area contributed by atoms with Crippen molar-refractivity contribution in [3.05, 3.63) is 82.0 Å². The van der Waals surface area contributed by atoms with Gasteiger partial charge >= 0.3 is 11.8 Å². The van der Waals surface area contributed by atoms with Gasteiger partial charge in [-0.3, -0.25) is 9.59 Å². The quantitative estimate of drug-likeness (QED) is 0.633. The van der Waals surface area contributed by atoms with E-state index in [4.69, 9.17) is 0 Å². The maximum absolute atomic E-state index is 12.4. The lowest BCUT2D eigenvalue weighted by Gasteiger charge is -2.30. The summed E-state index contributed by atoms with van der Waals surface area (Å²) in [5, 5.41) is 7.53. The lowest BCUT2D eigenvalue weighted by Crippen LogP contribution is -2.41. The highest BCUT2D eigenvalue weighted by atomic mass is 32.1. The molecule has 0 bridgehead atoms. The van der Waals surface area contributed by atoms with Crippen molar-refractivity contribution in [3.8, 4) is 0 Å². The van der Waals surface area contributed by atoms with Gasteiger partial charge in [0.1, 0.15) is 0 Å². The summed E-state index contributed by atoms with van der Waals surface area (Å²) < 4.78 is 0. The first-order valence-corrected chi connectivity index (χ1v) is 10.5. The van der Waals surface area contributed by atoms with Crippen LogP contribution in [0.2, 0.25) is 0 Å². The van der Waals surface area contributed by atoms with E-state index in [0.29, 0.717) is 12.2 Å². The van der Waals surface area contributed by atoms with Gasteiger partial charge in [-0.1, -0.05) is 36.4 Å². The number of hydrogen-bond acceptors (Lipinski definition) is 4. The van der Waals surface area contributed by atoms with Crippen LogP contribution in [0.5, 0.6) is 0 Å². The molecule has 2 N–H and O–H groups in total. The number of benzene rings is 2. The molecule has 3 aromatic rings. The smallest absolute Gasteiger partial charge is 0.313 e. The zero-order chi connectivity index (χ0) is 20.2. The molecule has 1 aliphatic heterocycles. The third kappa shape index (κ3) is 4.32. The van der Waals surface area contributed by atoms with Gasteiger partial charge < -0.3 is 15.5 Å². The molecule has 0 aliphatic carbocycles. The van der Waals surface area contributed by atoms with Crippen LogP contribution in [0.1, 0.15) is 22.0 Å². The standard InChI is InChI=1S/C23H23N3O2S/c1-16-6-4-8-18(14-16)25-23(28)22(27)24-15-20(21-10-5-13-29-21)26-12-11-17-7-2-3-9-19(17)26/h2-10,13-14,20H,11-12,15H2,1H3,(H,24,27)(H,25,28)/t20-/m0/s1. The average Bonchev–Trinajstić information content (AvgIpc) is 3.39. The maximum Gasteiger partial charge on any atom is 0.313 e. The summed E-state index contributed by atoms with van der Waals surface area (Å²) in [4.78, 5) is 28.2. The predicted molar refractivity (Wildman–Crippen MR) is 117 cm³/mol. The monoisotopic (exact) mass is 405 g/mol. The van der Waals surface area contributed by atoms with Gasteiger partial charge in [-0.05, 0) is 54.1 Å². The van der Waals surface area contributed by atoms with Crippen molar-refractivity contribution in [1.82, 2.24) is 5.32 Å². The summed E-state index contributed by atoms with van der Waals surface area (Å²) in [5.74, 6) is -1.28. The van der Waals surface area contributed by atoms with E-state index >= 15 is 0 Å². The Labute approximate surface area is 174 Å². The molecule has 1 atom stereocenters. The van der Waals surface area contributed by atoms with Crippen LogP contribution in [0.15, 0.2) is 66.0 Å². The number of nitrogens with one attached hydrogen (secondary N) is 2. The third-order valence-corrected chi connectivity index (χ3v) is 6.08. The van der Waals surface area contributed by atoms with Gasteiger partial charge in [0.25, 0.3) is 0 Å². The van der Waals surface area contributed by atoms with E-state index < -0.39 is 11.8 Å². The molecular weight excluding hydrogens is 382 g/mol. The van der Waals surface area contributed by atoms with Crippen molar-refractivity contribution in [2.45, 2.75) is 19.4 Å². The number of fused-ring (bicyclic) bond motifs is 1. The molecule has 1 aliphatic rings. The van der Waals surface area contributed by atoms with Crippen molar-refractivity contribution in [2.75, 3.05) is 23.3 Å². The molecule has 6 heteroatoms. The van der Waals surface area contributed by atoms with Gasteiger partial charge in [0.2, 0.25) is 0 Å². The number of amides is 2. The van der Waals surface area contributed by atoms with Crippen LogP contribution in [-0.2, 0) is 16.0 Å². The molecule has 2 heterocycles. The van der Waals surface area contributed by atoms with E-state index in [1.54, 1.807) is 17.4 Å². The first-order chi connectivity index (χ1) is 14.1. The number of carbonyl (C=O) groups is 2. The van der Waals surface area contributed by atoms with E-state index in [-0.39, 0.29) is 6.04 Å². The zero-order valence-electron chi connectivity index (χ0n) is 16.2. The summed E-state index contributed by atoms with van der Waals surface area (Å²) in [7, 11) is 0. The number of para-hydroxylation sites is 1. The fourth-order valence-corrected chi connectivity index (χ4v) is 4.55. The van der Waals surface area contributed by atoms with Crippen LogP contribution < -0.4 is 15.5 Å². The minimum Gasteiger partial charge on any atom is -0.361 e. The molecule has 1 aromatic heterocycles. The lowest BCUT2D eigenvalue weighted by atomic mass is 10.1. The minimum absolute atomic E-state index is 0.00521. The summed E-state index contributed by atoms with van der Waals surface area (Å²) in [5.41, 5.74) is 4.16. The third-order valence-electron chi connectivity index (χ3n) is 5.11. The molecule has 0 fully saturated rings. The van der Waals surface area contributed by atoms with Crippen molar-refractivity contribution >= 4 is 34.5 Å². The van der Waals surface area contributed by atoms with E-state index in [0.717, 1.165) is 18.5 Å². The zero-order valence-corrected chi connectivity index (χ0v) is 17.0. The van der Waals surface area contributed by atoms with Crippen LogP contribution >= 0.6 is 11.3 Å². The highest BCUT2D eigenvalue weighted by Crippen LogP contribution is 2.36. The van der Waals surface area contributed by atoms with Crippen LogP contribution in [-0.4, -0.2) is 24.9 Å². The van der Waals surface area contributed by atoms with Crippen LogP contribution in [0, 0.1) is 6.92 Å². The fourth-order valence-electron chi connectivity index (χ4n) is 3.71. The number of rotatable bonds is 5. The van der Waals surface area contributed by atoms with E-state index in [2.05, 4.69) is 39.8 Å². The van der Waals surface area contributed by atoms with E-state index in [1.165, 1.54) is 16.1 Å². The Balaban J connectivity index is 1.45. The highest BCUT2D eigenvalue weighted by Gasteiger charge is 2.28. The normalized spacial score (nSPS) is 13.6. The van der Waals surface area contributed by atoms with E-state index in [1.807, 2.05) is 42.6 Å². The molecule has 148 valence electrons. The number of nitrogens with zero attached hydrogens (tertiary/aromatic N) is 1. The SMILES string of the molecule is Cc1cccc(NC(=O)C(=O)NC[C@@H](c2cccs2)N2CCc3ccccc32)c1. The van der Waals surface area contributed by atoms with Crippen molar-refractivity contribution in [3.63, 3.8) is 0 Å². The number of thiophene rings is 1. The molecule has 0 spiro atoms. The number of aryl methyl sites for hydroxylation is 1. The first kappa shape index (κ1) is 19.2. The largest absolute Gasteiger partial charge is 0.361 e. The number of anilines is 2. The van der Waals surface area contributed by atoms with Gasteiger partial charge in [-0.25, -0.2) is 0 Å². The summed E-state index contributed by atoms with van der Waals surface area (Å²) in [6.45, 7) is 3.21. The summed E-state index contributed by atoms with van der Waals surface area (Å²) in [6, 6.07) is 19.8. The average molecular weight is 406 g/mol.